The van der Waals surface area contributed by atoms with Crippen molar-refractivity contribution >= 4 is 28.2 Å². The Bertz CT molecular complexity index is 1900. The number of carboxylic acids is 1. The van der Waals surface area contributed by atoms with Crippen LogP contribution >= 0.6 is 0 Å². The Labute approximate surface area is 211 Å². The fourth-order valence-corrected chi connectivity index (χ4v) is 4.36. The number of pyridine rings is 1. The minimum atomic E-state index is -4.46. The van der Waals surface area contributed by atoms with Crippen LogP contribution in [0.3, 0.4) is 0 Å². The highest BCUT2D eigenvalue weighted by molar-refractivity contribution is 5.88. The van der Waals surface area contributed by atoms with Crippen LogP contribution in [0.5, 0.6) is 0 Å². The van der Waals surface area contributed by atoms with Crippen molar-refractivity contribution in [3.8, 4) is 22.8 Å². The van der Waals surface area contributed by atoms with Gasteiger partial charge in [-0.05, 0) is 78.9 Å². The molecule has 8 nitrogen and oxygen atoms in total. The van der Waals surface area contributed by atoms with E-state index in [1.165, 1.54) is 39.5 Å². The van der Waals surface area contributed by atoms with Crippen molar-refractivity contribution in [1.82, 2.24) is 24.1 Å². The number of nitrogens with zero attached hydrogens (tertiary/aromatic N) is 4. The van der Waals surface area contributed by atoms with Gasteiger partial charge in [-0.15, -0.1) is 0 Å². The van der Waals surface area contributed by atoms with Gasteiger partial charge < -0.3 is 10.1 Å². The topological polar surface area (TPSA) is 106 Å². The lowest BCUT2D eigenvalue weighted by molar-refractivity contribution is -0.137. The van der Waals surface area contributed by atoms with Gasteiger partial charge in [0.2, 0.25) is 0 Å². The molecule has 0 unspecified atom stereocenters. The molecule has 2 N–H and O–H groups in total. The van der Waals surface area contributed by atoms with Gasteiger partial charge in [0.25, 0.3) is 0 Å². The number of halogens is 3. The number of aromatic carboxylic acids is 1. The summed E-state index contributed by atoms with van der Waals surface area (Å²) >= 11 is 0. The molecule has 0 spiro atoms. The van der Waals surface area contributed by atoms with Crippen molar-refractivity contribution in [2.24, 2.45) is 0 Å². The second kappa shape index (κ2) is 8.44. The van der Waals surface area contributed by atoms with E-state index in [1.807, 2.05) is 0 Å². The fraction of sp³-hybridized carbons (Fsp3) is 0.0370. The van der Waals surface area contributed by atoms with Gasteiger partial charge in [0.05, 0.1) is 39.1 Å². The molecule has 3 aromatic heterocycles. The van der Waals surface area contributed by atoms with E-state index in [2.05, 4.69) is 15.0 Å². The molecule has 11 heteroatoms. The van der Waals surface area contributed by atoms with E-state index in [4.69, 9.17) is 0 Å². The average molecular weight is 515 g/mol. The standard InChI is InChI=1S/C27H16F3N5O3/c28-27(29,30)17-7-12-20-21(14-17)33-23(32-20)15-3-8-18(9-4-15)34-22-2-1-13-31-24(22)35(26(34)38)19-10-5-16(6-11-19)25(36)37/h1-14H,(H,32,33)(H,36,37). The fourth-order valence-electron chi connectivity index (χ4n) is 4.36. The summed E-state index contributed by atoms with van der Waals surface area (Å²) in [5.74, 6) is -0.685. The van der Waals surface area contributed by atoms with Crippen LogP contribution in [0.2, 0.25) is 0 Å². The monoisotopic (exact) mass is 515 g/mol. The summed E-state index contributed by atoms with van der Waals surface area (Å²) in [5.41, 5.74) is 2.13. The van der Waals surface area contributed by atoms with Crippen LogP contribution in [0.4, 0.5) is 13.2 Å². The third kappa shape index (κ3) is 3.81. The molecule has 0 bridgehead atoms. The first-order chi connectivity index (χ1) is 18.2. The molecule has 0 radical (unpaired) electrons. The van der Waals surface area contributed by atoms with Gasteiger partial charge in [0, 0.05) is 11.8 Å². The number of aromatic nitrogens is 5. The number of carboxylic acid groups (broad SMARTS) is 1. The summed E-state index contributed by atoms with van der Waals surface area (Å²) in [5, 5.41) is 9.18. The minimum Gasteiger partial charge on any atom is -0.478 e. The van der Waals surface area contributed by atoms with Crippen LogP contribution < -0.4 is 5.69 Å². The van der Waals surface area contributed by atoms with Gasteiger partial charge in [-0.25, -0.2) is 24.1 Å². The zero-order valence-corrected chi connectivity index (χ0v) is 19.3. The Kier molecular flexibility index (Phi) is 5.16. The molecule has 0 fully saturated rings. The zero-order valence-electron chi connectivity index (χ0n) is 19.3. The Morgan fingerprint density at radius 3 is 2.26 bits per heavy atom. The first kappa shape index (κ1) is 23.2. The van der Waals surface area contributed by atoms with E-state index in [9.17, 15) is 27.9 Å². The Morgan fingerprint density at radius 2 is 1.58 bits per heavy atom. The lowest BCUT2D eigenvalue weighted by Gasteiger charge is -2.05. The van der Waals surface area contributed by atoms with Crippen LogP contribution in [0.15, 0.2) is 89.9 Å². The molecule has 0 atom stereocenters. The summed E-state index contributed by atoms with van der Waals surface area (Å²) in [6.45, 7) is 0. The molecule has 3 heterocycles. The predicted molar refractivity (Wildman–Crippen MR) is 134 cm³/mol. The number of hydrogen-bond donors (Lipinski definition) is 2. The van der Waals surface area contributed by atoms with Gasteiger partial charge in [0.1, 0.15) is 5.82 Å². The van der Waals surface area contributed by atoms with Crippen molar-refractivity contribution in [3.63, 3.8) is 0 Å². The summed E-state index contributed by atoms with van der Waals surface area (Å²) in [7, 11) is 0. The minimum absolute atomic E-state index is 0.0919. The number of nitrogens with one attached hydrogen (secondary N) is 1. The summed E-state index contributed by atoms with van der Waals surface area (Å²) < 4.78 is 42.1. The largest absolute Gasteiger partial charge is 0.478 e. The highest BCUT2D eigenvalue weighted by Gasteiger charge is 2.30. The van der Waals surface area contributed by atoms with E-state index >= 15 is 0 Å². The van der Waals surface area contributed by atoms with Gasteiger partial charge in [-0.1, -0.05) is 0 Å². The van der Waals surface area contributed by atoms with Crippen LogP contribution in [0, 0.1) is 0 Å². The Morgan fingerprint density at radius 1 is 0.895 bits per heavy atom. The molecule has 3 aromatic carbocycles. The van der Waals surface area contributed by atoms with Crippen molar-refractivity contribution in [3.05, 3.63) is 107 Å². The Balaban J connectivity index is 1.42. The number of rotatable bonds is 4. The van der Waals surface area contributed by atoms with Crippen LogP contribution in [0.1, 0.15) is 15.9 Å². The van der Waals surface area contributed by atoms with Crippen LogP contribution in [-0.4, -0.2) is 35.2 Å². The molecule has 188 valence electrons. The number of hydrogen-bond acceptors (Lipinski definition) is 4. The van der Waals surface area contributed by atoms with Crippen molar-refractivity contribution in [2.45, 2.75) is 6.18 Å². The molecule has 38 heavy (non-hydrogen) atoms. The lowest BCUT2D eigenvalue weighted by Crippen LogP contribution is -2.22. The molecule has 6 aromatic rings. The summed E-state index contributed by atoms with van der Waals surface area (Å²) in [6, 6.07) is 19.5. The first-order valence-electron chi connectivity index (χ1n) is 11.3. The van der Waals surface area contributed by atoms with Crippen molar-refractivity contribution < 1.29 is 23.1 Å². The molecular weight excluding hydrogens is 499 g/mol. The van der Waals surface area contributed by atoms with E-state index in [1.54, 1.807) is 42.6 Å². The van der Waals surface area contributed by atoms with E-state index in [-0.39, 0.29) is 11.1 Å². The van der Waals surface area contributed by atoms with E-state index in [0.717, 1.165) is 12.1 Å². The van der Waals surface area contributed by atoms with Crippen LogP contribution in [0.25, 0.3) is 45.0 Å². The molecule has 0 aliphatic rings. The zero-order chi connectivity index (χ0) is 26.6. The van der Waals surface area contributed by atoms with Gasteiger partial charge >= 0.3 is 17.8 Å². The van der Waals surface area contributed by atoms with Crippen molar-refractivity contribution in [2.75, 3.05) is 0 Å². The Hall–Kier alpha value is -5.19. The van der Waals surface area contributed by atoms with Crippen molar-refractivity contribution in [1.29, 1.82) is 0 Å². The normalized spacial score (nSPS) is 11.9. The quantitative estimate of drug-likeness (QED) is 0.325. The number of aromatic amines is 1. The second-order valence-electron chi connectivity index (χ2n) is 8.51. The number of alkyl halides is 3. The van der Waals surface area contributed by atoms with Gasteiger partial charge in [-0.2, -0.15) is 13.2 Å². The highest BCUT2D eigenvalue weighted by atomic mass is 19.4. The van der Waals surface area contributed by atoms with Gasteiger partial charge in [0.15, 0.2) is 5.65 Å². The summed E-state index contributed by atoms with van der Waals surface area (Å²) in [4.78, 5) is 36.5. The number of carbonyl (C=O) groups is 1. The lowest BCUT2D eigenvalue weighted by atomic mass is 10.2. The average Bonchev–Trinajstić information content (AvgIpc) is 3.46. The molecule has 6 rings (SSSR count). The number of H-pyrrole nitrogens is 1. The van der Waals surface area contributed by atoms with Crippen LogP contribution in [-0.2, 0) is 6.18 Å². The summed E-state index contributed by atoms with van der Waals surface area (Å²) in [6.07, 6.45) is -2.90. The van der Waals surface area contributed by atoms with E-state index in [0.29, 0.717) is 39.4 Å². The second-order valence-corrected chi connectivity index (χ2v) is 8.51. The first-order valence-corrected chi connectivity index (χ1v) is 11.3. The predicted octanol–water partition coefficient (Wildman–Crippen LogP) is 5.44. The molecule has 0 amide bonds. The molecule has 0 saturated carbocycles. The van der Waals surface area contributed by atoms with Gasteiger partial charge in [-0.3, -0.25) is 4.57 Å². The molecular formula is C27H16F3N5O3. The third-order valence-electron chi connectivity index (χ3n) is 6.18. The smallest absolute Gasteiger partial charge is 0.416 e. The maximum atomic E-state index is 13.6. The molecule has 0 aliphatic heterocycles. The SMILES string of the molecule is O=C(O)c1ccc(-n2c(=O)n(-c3ccc(-c4nc5ccc(C(F)(F)F)cc5[nH]4)cc3)c3cccnc32)cc1. The maximum absolute atomic E-state index is 13.6. The number of imidazole rings is 2. The number of fused-ring (bicyclic) bond motifs is 2. The molecule has 0 saturated heterocycles. The highest BCUT2D eigenvalue weighted by Crippen LogP contribution is 2.32. The maximum Gasteiger partial charge on any atom is 0.416 e. The third-order valence-corrected chi connectivity index (χ3v) is 6.18. The van der Waals surface area contributed by atoms with E-state index < -0.39 is 23.4 Å². The molecule has 0 aliphatic carbocycles. The number of benzene rings is 3.